The van der Waals surface area contributed by atoms with Crippen molar-refractivity contribution in [2.24, 2.45) is 28.9 Å². The number of benzene rings is 1. The van der Waals surface area contributed by atoms with Gasteiger partial charge in [0.1, 0.15) is 5.82 Å². The number of para-hydroxylation sites is 2. The Morgan fingerprint density at radius 3 is 2.26 bits per heavy atom. The van der Waals surface area contributed by atoms with Crippen molar-refractivity contribution in [3.05, 3.63) is 42.1 Å². The molecule has 4 saturated carbocycles. The number of hydrogen-bond acceptors (Lipinski definition) is 7. The van der Waals surface area contributed by atoms with Crippen LogP contribution in [0.15, 0.2) is 36.5 Å². The Morgan fingerprint density at radius 1 is 0.953 bits per heavy atom. The summed E-state index contributed by atoms with van der Waals surface area (Å²) >= 11 is 0. The molecule has 12 heteroatoms. The van der Waals surface area contributed by atoms with Crippen molar-refractivity contribution in [1.82, 2.24) is 14.6 Å². The van der Waals surface area contributed by atoms with Crippen LogP contribution in [0, 0.1) is 30.1 Å². The van der Waals surface area contributed by atoms with Gasteiger partial charge in [0.15, 0.2) is 0 Å². The normalized spacial score (nSPS) is 30.3. The molecule has 11 nitrogen and oxygen atoms in total. The number of urea groups is 1. The molecular formula is C31H41N7O4S. The Hall–Kier alpha value is -3.38. The number of aromatic nitrogens is 1. The van der Waals surface area contributed by atoms with Crippen LogP contribution in [0.5, 0.6) is 0 Å². The van der Waals surface area contributed by atoms with Gasteiger partial charge in [-0.05, 0) is 80.5 Å². The molecule has 5 fully saturated rings. The van der Waals surface area contributed by atoms with E-state index in [1.807, 2.05) is 35.4 Å². The van der Waals surface area contributed by atoms with Gasteiger partial charge < -0.3 is 20.9 Å². The van der Waals surface area contributed by atoms with Crippen LogP contribution in [-0.4, -0.2) is 81.2 Å². The molecular weight excluding hydrogens is 566 g/mol. The Kier molecular flexibility index (Phi) is 6.84. The third-order valence-corrected chi connectivity index (χ3v) is 12.0. The molecule has 3 N–H and O–H groups in total. The number of anilines is 4. The summed E-state index contributed by atoms with van der Waals surface area (Å²) in [7, 11) is -3.19. The highest BCUT2D eigenvalue weighted by molar-refractivity contribution is 7.88. The van der Waals surface area contributed by atoms with E-state index in [0.717, 1.165) is 60.5 Å². The van der Waals surface area contributed by atoms with E-state index < -0.39 is 10.0 Å². The topological polar surface area (TPSA) is 132 Å². The number of sulfonamides is 1. The Morgan fingerprint density at radius 2 is 1.63 bits per heavy atom. The highest BCUT2D eigenvalue weighted by Crippen LogP contribution is 2.60. The van der Waals surface area contributed by atoms with Crippen molar-refractivity contribution < 1.29 is 18.0 Å². The molecule has 3 amide bonds. The van der Waals surface area contributed by atoms with Gasteiger partial charge in [-0.1, -0.05) is 12.1 Å². The van der Waals surface area contributed by atoms with E-state index in [1.165, 1.54) is 10.6 Å². The monoisotopic (exact) mass is 607 g/mol. The second kappa shape index (κ2) is 10.4. The van der Waals surface area contributed by atoms with Crippen molar-refractivity contribution >= 4 is 44.8 Å². The maximum Gasteiger partial charge on any atom is 0.322 e. The van der Waals surface area contributed by atoms with Gasteiger partial charge in [0.05, 0.1) is 29.5 Å². The zero-order chi connectivity index (χ0) is 30.1. The smallest absolute Gasteiger partial charge is 0.322 e. The highest BCUT2D eigenvalue weighted by atomic mass is 32.2. The lowest BCUT2D eigenvalue weighted by Crippen LogP contribution is -2.63. The molecule has 1 saturated heterocycles. The lowest BCUT2D eigenvalue weighted by Gasteiger charge is -2.59. The average molecular weight is 608 g/mol. The van der Waals surface area contributed by atoms with Gasteiger partial charge in [-0.2, -0.15) is 4.31 Å². The molecule has 2 aromatic rings. The zero-order valence-corrected chi connectivity index (χ0v) is 25.7. The van der Waals surface area contributed by atoms with Gasteiger partial charge in [-0.3, -0.25) is 9.69 Å². The van der Waals surface area contributed by atoms with Crippen LogP contribution in [0.3, 0.4) is 0 Å². The number of carbonyl (C=O) groups excluding carboxylic acids is 2. The predicted octanol–water partition coefficient (Wildman–Crippen LogP) is 2.82. The number of nitrogens with one attached hydrogen (secondary N) is 1. The van der Waals surface area contributed by atoms with Crippen molar-refractivity contribution in [3.8, 4) is 0 Å². The lowest BCUT2D eigenvalue weighted by molar-refractivity contribution is -0.145. The molecule has 5 atom stereocenters. The second-order valence-corrected chi connectivity index (χ2v) is 15.3. The van der Waals surface area contributed by atoms with Crippen LogP contribution < -0.4 is 25.8 Å². The minimum absolute atomic E-state index is 0.0783. The van der Waals surface area contributed by atoms with Gasteiger partial charge in [-0.25, -0.2) is 18.2 Å². The molecule has 4 bridgehead atoms. The first-order valence-corrected chi connectivity index (χ1v) is 17.3. The molecule has 3 unspecified atom stereocenters. The minimum atomic E-state index is -3.19. The van der Waals surface area contributed by atoms with Crippen molar-refractivity contribution in [2.75, 3.05) is 60.2 Å². The summed E-state index contributed by atoms with van der Waals surface area (Å²) in [5.41, 5.74) is 9.37. The number of rotatable bonds is 5. The number of aryl methyl sites for hydroxylation is 1. The van der Waals surface area contributed by atoms with Gasteiger partial charge in [0.25, 0.3) is 0 Å². The van der Waals surface area contributed by atoms with E-state index in [-0.39, 0.29) is 23.4 Å². The SMILES string of the molecule is Cc1cc(N2CCN(C(=O)NC3[C@@H]4CC5C[C@H]3CC(C(N)=O)(C5)C4)c3ccccc32)ncc1N1CCN(S(C)(=O)=O)CC1. The predicted molar refractivity (Wildman–Crippen MR) is 166 cm³/mol. The summed E-state index contributed by atoms with van der Waals surface area (Å²) in [5, 5.41) is 3.40. The summed E-state index contributed by atoms with van der Waals surface area (Å²) in [6.45, 7) is 5.37. The Bertz CT molecular complexity index is 1540. The summed E-state index contributed by atoms with van der Waals surface area (Å²) in [6.07, 6.45) is 7.77. The van der Waals surface area contributed by atoms with E-state index >= 15 is 0 Å². The molecule has 0 spiro atoms. The second-order valence-electron chi connectivity index (χ2n) is 13.4. The zero-order valence-electron chi connectivity index (χ0n) is 24.9. The van der Waals surface area contributed by atoms with E-state index in [1.54, 1.807) is 0 Å². The van der Waals surface area contributed by atoms with Gasteiger partial charge in [-0.15, -0.1) is 0 Å². The fraction of sp³-hybridized carbons (Fsp3) is 0.581. The summed E-state index contributed by atoms with van der Waals surface area (Å²) in [6, 6.07) is 10.0. The molecule has 2 aliphatic heterocycles. The number of nitrogens with zero attached hydrogens (tertiary/aromatic N) is 5. The van der Waals surface area contributed by atoms with Crippen molar-refractivity contribution in [3.63, 3.8) is 0 Å². The Labute approximate surface area is 253 Å². The Balaban J connectivity index is 1.07. The number of piperazine rings is 1. The molecule has 1 aromatic carbocycles. The van der Waals surface area contributed by atoms with Crippen molar-refractivity contribution in [2.45, 2.75) is 45.1 Å². The number of hydrogen-bond donors (Lipinski definition) is 2. The van der Waals surface area contributed by atoms with Gasteiger partial charge >= 0.3 is 6.03 Å². The molecule has 230 valence electrons. The van der Waals surface area contributed by atoms with Crippen LogP contribution in [0.4, 0.5) is 27.7 Å². The van der Waals surface area contributed by atoms with Crippen LogP contribution in [-0.2, 0) is 14.8 Å². The van der Waals surface area contributed by atoms with Gasteiger partial charge in [0, 0.05) is 50.7 Å². The van der Waals surface area contributed by atoms with Crippen molar-refractivity contribution in [1.29, 1.82) is 0 Å². The summed E-state index contributed by atoms with van der Waals surface area (Å²) < 4.78 is 25.4. The lowest BCUT2D eigenvalue weighted by atomic mass is 9.47. The van der Waals surface area contributed by atoms with E-state index in [4.69, 9.17) is 10.7 Å². The number of pyridine rings is 1. The first-order chi connectivity index (χ1) is 20.5. The third-order valence-electron chi connectivity index (χ3n) is 10.7. The summed E-state index contributed by atoms with van der Waals surface area (Å²) in [5.74, 6) is 1.81. The molecule has 8 rings (SSSR count). The largest absolute Gasteiger partial charge is 0.369 e. The van der Waals surface area contributed by atoms with Gasteiger partial charge in [0.2, 0.25) is 15.9 Å². The quantitative estimate of drug-likeness (QED) is 0.534. The maximum atomic E-state index is 13.8. The fourth-order valence-electron chi connectivity index (χ4n) is 8.87. The average Bonchev–Trinajstić information content (AvgIpc) is 2.97. The number of nitrogens with two attached hydrogens (primary N) is 1. The third kappa shape index (κ3) is 4.92. The number of primary amides is 1. The van der Waals surface area contributed by atoms with Crippen LogP contribution in [0.1, 0.15) is 37.7 Å². The maximum absolute atomic E-state index is 13.8. The molecule has 4 aliphatic carbocycles. The minimum Gasteiger partial charge on any atom is -0.369 e. The standard InChI is InChI=1S/C31H41N7O4S/c1-20-13-27(33-19-26(20)35-7-9-36(10-8-35)43(2,41)42)37-11-12-38(25-6-4-3-5-24(25)37)30(40)34-28-22-14-21-15-23(28)18-31(16-21,17-22)29(32)39/h3-6,13,19,21-23,28H,7-12,14-18H2,1-2H3,(H2,32,39)(H,34,40)/t21?,22-,23+,28?,31?. The number of carbonyl (C=O) groups is 2. The van der Waals surface area contributed by atoms with Crippen LogP contribution in [0.25, 0.3) is 0 Å². The number of amides is 3. The van der Waals surface area contributed by atoms with E-state index in [9.17, 15) is 18.0 Å². The van der Waals surface area contributed by atoms with E-state index in [2.05, 4.69) is 28.1 Å². The molecule has 43 heavy (non-hydrogen) atoms. The highest BCUT2D eigenvalue weighted by Gasteiger charge is 2.58. The first-order valence-electron chi connectivity index (χ1n) is 15.4. The molecule has 1 aromatic heterocycles. The first kappa shape index (κ1) is 28.4. The fourth-order valence-corrected chi connectivity index (χ4v) is 9.69. The molecule has 0 radical (unpaired) electrons. The molecule has 3 heterocycles. The number of fused-ring (bicyclic) bond motifs is 1. The van der Waals surface area contributed by atoms with Crippen LogP contribution >= 0.6 is 0 Å². The summed E-state index contributed by atoms with van der Waals surface area (Å²) in [4.78, 5) is 37.2. The molecule has 6 aliphatic rings. The van der Waals surface area contributed by atoms with E-state index in [0.29, 0.717) is 57.0 Å². The van der Waals surface area contributed by atoms with Crippen LogP contribution in [0.2, 0.25) is 0 Å².